The molecule has 0 unspecified atom stereocenters. The second-order valence-corrected chi connectivity index (χ2v) is 7.98. The van der Waals surface area contributed by atoms with Crippen LogP contribution in [0.25, 0.3) is 10.2 Å². The molecule has 3 aromatic heterocycles. The van der Waals surface area contributed by atoms with E-state index >= 15 is 0 Å². The molecule has 0 aliphatic rings. The van der Waals surface area contributed by atoms with Gasteiger partial charge in [0.25, 0.3) is 0 Å². The Hall–Kier alpha value is -1.20. The van der Waals surface area contributed by atoms with Crippen LogP contribution in [0.4, 0.5) is 0 Å². The topological polar surface area (TPSA) is 62.5 Å². The van der Waals surface area contributed by atoms with Crippen molar-refractivity contribution in [2.24, 2.45) is 0 Å². The number of thiophene rings is 1. The highest BCUT2D eigenvalue weighted by Crippen LogP contribution is 2.41. The van der Waals surface area contributed by atoms with Crippen LogP contribution >= 0.6 is 46.2 Å². The normalized spacial score (nSPS) is 11.0. The van der Waals surface area contributed by atoms with Crippen molar-refractivity contribution in [2.45, 2.75) is 30.0 Å². The van der Waals surface area contributed by atoms with Crippen molar-refractivity contribution in [3.8, 4) is 6.07 Å². The first kappa shape index (κ1) is 14.7. The van der Waals surface area contributed by atoms with Crippen LogP contribution in [0.2, 0.25) is 5.15 Å². The summed E-state index contributed by atoms with van der Waals surface area (Å²) < 4.78 is 4.81. The smallest absolute Gasteiger partial charge is 0.161 e. The molecular weight excluding hydrogens is 344 g/mol. The lowest BCUT2D eigenvalue weighted by Gasteiger charge is -2.03. The Morgan fingerprint density at radius 2 is 2.00 bits per heavy atom. The van der Waals surface area contributed by atoms with E-state index in [9.17, 15) is 5.26 Å². The molecule has 0 N–H and O–H groups in total. The van der Waals surface area contributed by atoms with Gasteiger partial charge in [-0.2, -0.15) is 9.64 Å². The van der Waals surface area contributed by atoms with Gasteiger partial charge >= 0.3 is 0 Å². The van der Waals surface area contributed by atoms with E-state index < -0.39 is 0 Å². The van der Waals surface area contributed by atoms with Crippen molar-refractivity contribution in [2.75, 3.05) is 0 Å². The molecule has 8 heteroatoms. The Kier molecular flexibility index (Phi) is 3.88. The lowest BCUT2D eigenvalue weighted by molar-refractivity contribution is 1.01. The molecule has 0 bridgehead atoms. The highest BCUT2D eigenvalue weighted by atomic mass is 35.5. The summed E-state index contributed by atoms with van der Waals surface area (Å²) in [6.07, 6.45) is 0. The molecule has 0 atom stereocenters. The molecule has 0 aliphatic heterocycles. The van der Waals surface area contributed by atoms with Crippen LogP contribution in [0, 0.1) is 32.1 Å². The Balaban J connectivity index is 2.18. The molecule has 0 saturated heterocycles. The number of fused-ring (bicyclic) bond motifs is 1. The Morgan fingerprint density at radius 3 is 2.71 bits per heavy atom. The van der Waals surface area contributed by atoms with Gasteiger partial charge in [-0.1, -0.05) is 23.4 Å². The molecule has 106 valence electrons. The van der Waals surface area contributed by atoms with Crippen molar-refractivity contribution in [1.82, 2.24) is 14.3 Å². The van der Waals surface area contributed by atoms with Crippen molar-refractivity contribution in [1.29, 1.82) is 5.26 Å². The summed E-state index contributed by atoms with van der Waals surface area (Å²) in [5.41, 5.74) is 1.60. The standard InChI is InChI=1S/C13H9ClN4S3/c1-5-6(2)19-11-9(5)12(17-7(3)16-11)20-13-8(4-15)10(14)18-21-13/h1-3H3. The van der Waals surface area contributed by atoms with E-state index in [1.54, 1.807) is 11.3 Å². The monoisotopic (exact) mass is 352 g/mol. The lowest BCUT2D eigenvalue weighted by atomic mass is 10.2. The molecule has 0 spiro atoms. The summed E-state index contributed by atoms with van der Waals surface area (Å²) in [7, 11) is 0. The van der Waals surface area contributed by atoms with Crippen LogP contribution in [-0.4, -0.2) is 14.3 Å². The molecule has 0 aromatic carbocycles. The van der Waals surface area contributed by atoms with Crippen molar-refractivity contribution >= 4 is 56.4 Å². The maximum atomic E-state index is 9.18. The van der Waals surface area contributed by atoms with Gasteiger partial charge in [0, 0.05) is 10.3 Å². The van der Waals surface area contributed by atoms with E-state index in [0.717, 1.165) is 25.3 Å². The average molecular weight is 353 g/mol. The maximum Gasteiger partial charge on any atom is 0.161 e. The first-order valence-corrected chi connectivity index (χ1v) is 8.77. The van der Waals surface area contributed by atoms with Crippen LogP contribution in [0.15, 0.2) is 9.24 Å². The average Bonchev–Trinajstić information content (AvgIpc) is 2.91. The summed E-state index contributed by atoms with van der Waals surface area (Å²) in [5.74, 6) is 0.723. The number of halogens is 1. The summed E-state index contributed by atoms with van der Waals surface area (Å²) >= 11 is 10.3. The minimum Gasteiger partial charge on any atom is -0.226 e. The van der Waals surface area contributed by atoms with Gasteiger partial charge in [-0.05, 0) is 37.9 Å². The maximum absolute atomic E-state index is 9.18. The first-order chi connectivity index (χ1) is 10.0. The number of aryl methyl sites for hydroxylation is 3. The molecular formula is C13H9ClN4S3. The van der Waals surface area contributed by atoms with Crippen LogP contribution in [0.3, 0.4) is 0 Å². The number of aromatic nitrogens is 3. The number of rotatable bonds is 2. The fourth-order valence-electron chi connectivity index (χ4n) is 1.89. The van der Waals surface area contributed by atoms with Gasteiger partial charge in [0.05, 0.1) is 0 Å². The van der Waals surface area contributed by atoms with E-state index in [0.29, 0.717) is 5.56 Å². The van der Waals surface area contributed by atoms with Gasteiger partial charge < -0.3 is 0 Å². The fraction of sp³-hybridized carbons (Fsp3) is 0.231. The van der Waals surface area contributed by atoms with E-state index in [1.807, 2.05) is 6.92 Å². The Bertz CT molecular complexity index is 891. The molecule has 3 heterocycles. The molecule has 0 aliphatic carbocycles. The van der Waals surface area contributed by atoms with Crippen molar-refractivity contribution in [3.05, 3.63) is 27.0 Å². The van der Waals surface area contributed by atoms with E-state index in [2.05, 4.69) is 34.3 Å². The van der Waals surface area contributed by atoms with Crippen LogP contribution in [0.5, 0.6) is 0 Å². The number of hydrogen-bond acceptors (Lipinski definition) is 7. The summed E-state index contributed by atoms with van der Waals surface area (Å²) in [6.45, 7) is 6.02. The highest BCUT2D eigenvalue weighted by molar-refractivity contribution is 8.01. The van der Waals surface area contributed by atoms with Crippen LogP contribution in [0.1, 0.15) is 21.8 Å². The molecule has 3 rings (SSSR count). The second-order valence-electron chi connectivity index (χ2n) is 4.39. The second kappa shape index (κ2) is 5.54. The molecule has 3 aromatic rings. The minimum atomic E-state index is 0.255. The molecule has 21 heavy (non-hydrogen) atoms. The molecule has 4 nitrogen and oxygen atoms in total. The van der Waals surface area contributed by atoms with Crippen molar-refractivity contribution < 1.29 is 0 Å². The molecule has 0 fully saturated rings. The Labute approximate surface area is 139 Å². The van der Waals surface area contributed by atoms with E-state index in [1.165, 1.54) is 33.7 Å². The minimum absolute atomic E-state index is 0.255. The third-order valence-electron chi connectivity index (χ3n) is 3.03. The third-order valence-corrected chi connectivity index (χ3v) is 6.50. The quantitative estimate of drug-likeness (QED) is 0.623. The third kappa shape index (κ3) is 2.53. The van der Waals surface area contributed by atoms with Gasteiger partial charge in [-0.25, -0.2) is 9.97 Å². The summed E-state index contributed by atoms with van der Waals surface area (Å²) in [5, 5.41) is 11.4. The van der Waals surface area contributed by atoms with Gasteiger partial charge in [-0.15, -0.1) is 11.3 Å². The molecule has 0 radical (unpaired) electrons. The van der Waals surface area contributed by atoms with Gasteiger partial charge in [0.1, 0.15) is 31.5 Å². The predicted octanol–water partition coefficient (Wildman–Crippen LogP) is 4.75. The first-order valence-electron chi connectivity index (χ1n) is 5.98. The van der Waals surface area contributed by atoms with Gasteiger partial charge in [0.2, 0.25) is 0 Å². The zero-order chi connectivity index (χ0) is 15.1. The number of nitrogens with zero attached hydrogens (tertiary/aromatic N) is 4. The Morgan fingerprint density at radius 1 is 1.24 bits per heavy atom. The van der Waals surface area contributed by atoms with Crippen LogP contribution < -0.4 is 0 Å². The van der Waals surface area contributed by atoms with Gasteiger partial charge in [0.15, 0.2) is 5.15 Å². The zero-order valence-corrected chi connectivity index (χ0v) is 14.6. The van der Waals surface area contributed by atoms with E-state index in [4.69, 9.17) is 11.6 Å². The SMILES string of the molecule is Cc1nc(Sc2snc(Cl)c2C#N)c2c(C)c(C)sc2n1. The zero-order valence-electron chi connectivity index (χ0n) is 11.4. The fourth-order valence-corrected chi connectivity index (χ4v) is 5.32. The lowest BCUT2D eigenvalue weighted by Crippen LogP contribution is -1.91. The number of nitriles is 1. The van der Waals surface area contributed by atoms with Crippen molar-refractivity contribution in [3.63, 3.8) is 0 Å². The highest BCUT2D eigenvalue weighted by Gasteiger charge is 2.18. The summed E-state index contributed by atoms with van der Waals surface area (Å²) in [4.78, 5) is 11.3. The van der Waals surface area contributed by atoms with Gasteiger partial charge in [-0.3, -0.25) is 0 Å². The largest absolute Gasteiger partial charge is 0.226 e. The van der Waals surface area contributed by atoms with Crippen LogP contribution in [-0.2, 0) is 0 Å². The van der Waals surface area contributed by atoms with E-state index in [-0.39, 0.29) is 5.15 Å². The molecule has 0 saturated carbocycles. The summed E-state index contributed by atoms with van der Waals surface area (Å²) in [6, 6.07) is 2.10. The number of hydrogen-bond donors (Lipinski definition) is 0. The predicted molar refractivity (Wildman–Crippen MR) is 87.6 cm³/mol. The molecule has 0 amide bonds.